The van der Waals surface area contributed by atoms with Crippen LogP contribution in [0, 0.1) is 31.0 Å². The summed E-state index contributed by atoms with van der Waals surface area (Å²) in [6.45, 7) is 3.72. The fourth-order valence-electron chi connectivity index (χ4n) is 2.44. The van der Waals surface area contributed by atoms with Crippen LogP contribution in [0.3, 0.4) is 0 Å². The van der Waals surface area contributed by atoms with E-state index < -0.39 is 0 Å². The number of rotatable bonds is 1. The highest BCUT2D eigenvalue weighted by atomic mass is 19.1. The van der Waals surface area contributed by atoms with Gasteiger partial charge in [0.15, 0.2) is 0 Å². The Morgan fingerprint density at radius 2 is 1.90 bits per heavy atom. The highest BCUT2D eigenvalue weighted by Crippen LogP contribution is 2.31. The minimum absolute atomic E-state index is 0.237. The normalized spacial score (nSPS) is 10.7. The number of aromatic amines is 1. The van der Waals surface area contributed by atoms with Gasteiger partial charge in [-0.3, -0.25) is 0 Å². The molecule has 20 heavy (non-hydrogen) atoms. The van der Waals surface area contributed by atoms with E-state index in [1.807, 2.05) is 25.1 Å². The average Bonchev–Trinajstić information content (AvgIpc) is 2.79. The van der Waals surface area contributed by atoms with Gasteiger partial charge in [-0.25, -0.2) is 4.39 Å². The van der Waals surface area contributed by atoms with Crippen molar-refractivity contribution in [3.05, 3.63) is 58.9 Å². The van der Waals surface area contributed by atoms with E-state index in [2.05, 4.69) is 11.1 Å². The number of benzene rings is 2. The topological polar surface area (TPSA) is 39.6 Å². The van der Waals surface area contributed by atoms with Crippen LogP contribution in [0.2, 0.25) is 0 Å². The van der Waals surface area contributed by atoms with Crippen LogP contribution in [0.1, 0.15) is 16.7 Å². The van der Waals surface area contributed by atoms with Gasteiger partial charge in [-0.05, 0) is 55.3 Å². The molecule has 1 heterocycles. The largest absolute Gasteiger partial charge is 0.353 e. The van der Waals surface area contributed by atoms with E-state index in [1.54, 1.807) is 19.1 Å². The second-order valence-corrected chi connectivity index (χ2v) is 5.00. The zero-order valence-corrected chi connectivity index (χ0v) is 11.3. The second kappa shape index (κ2) is 4.50. The van der Waals surface area contributed by atoms with Crippen molar-refractivity contribution in [1.82, 2.24) is 4.98 Å². The number of nitrogens with zero attached hydrogens (tertiary/aromatic N) is 1. The van der Waals surface area contributed by atoms with Gasteiger partial charge in [-0.1, -0.05) is 11.6 Å². The lowest BCUT2D eigenvalue weighted by molar-refractivity contribution is 0.619. The lowest BCUT2D eigenvalue weighted by atomic mass is 10.0. The Kier molecular flexibility index (Phi) is 2.80. The van der Waals surface area contributed by atoms with Gasteiger partial charge < -0.3 is 4.98 Å². The van der Waals surface area contributed by atoms with E-state index in [1.165, 1.54) is 6.07 Å². The molecule has 0 fully saturated rings. The van der Waals surface area contributed by atoms with Crippen LogP contribution in [0.25, 0.3) is 22.2 Å². The van der Waals surface area contributed by atoms with Crippen molar-refractivity contribution in [3.8, 4) is 17.3 Å². The van der Waals surface area contributed by atoms with Gasteiger partial charge in [-0.15, -0.1) is 0 Å². The third-order valence-electron chi connectivity index (χ3n) is 3.51. The van der Waals surface area contributed by atoms with E-state index in [0.29, 0.717) is 11.1 Å². The van der Waals surface area contributed by atoms with Crippen LogP contribution in [0.4, 0.5) is 4.39 Å². The van der Waals surface area contributed by atoms with Crippen LogP contribution < -0.4 is 0 Å². The number of aromatic nitrogens is 1. The zero-order valence-electron chi connectivity index (χ0n) is 11.3. The quantitative estimate of drug-likeness (QED) is 0.692. The molecule has 0 aliphatic rings. The number of H-pyrrole nitrogens is 1. The van der Waals surface area contributed by atoms with E-state index >= 15 is 0 Å². The Labute approximate surface area is 116 Å². The first-order chi connectivity index (χ1) is 9.60. The van der Waals surface area contributed by atoms with Crippen molar-refractivity contribution in [2.75, 3.05) is 0 Å². The van der Waals surface area contributed by atoms with Gasteiger partial charge in [-0.2, -0.15) is 5.26 Å². The highest BCUT2D eigenvalue weighted by Gasteiger charge is 2.13. The Morgan fingerprint density at radius 1 is 1.10 bits per heavy atom. The summed E-state index contributed by atoms with van der Waals surface area (Å²) in [5, 5.41) is 10.3. The Morgan fingerprint density at radius 3 is 2.60 bits per heavy atom. The van der Waals surface area contributed by atoms with Crippen molar-refractivity contribution in [3.63, 3.8) is 0 Å². The number of fused-ring (bicyclic) bond motifs is 1. The van der Waals surface area contributed by atoms with Gasteiger partial charge in [0, 0.05) is 10.9 Å². The van der Waals surface area contributed by atoms with E-state index in [9.17, 15) is 9.65 Å². The molecule has 0 bridgehead atoms. The first-order valence-corrected chi connectivity index (χ1v) is 6.39. The van der Waals surface area contributed by atoms with Crippen LogP contribution >= 0.6 is 0 Å². The number of hydrogen-bond donors (Lipinski definition) is 1. The molecule has 2 nitrogen and oxygen atoms in total. The summed E-state index contributed by atoms with van der Waals surface area (Å²) >= 11 is 0. The zero-order chi connectivity index (χ0) is 14.3. The predicted octanol–water partition coefficient (Wildman–Crippen LogP) is 4.46. The molecule has 0 aliphatic heterocycles. The average molecular weight is 264 g/mol. The van der Waals surface area contributed by atoms with Crippen molar-refractivity contribution in [2.45, 2.75) is 13.8 Å². The Balaban J connectivity index is 2.31. The monoisotopic (exact) mass is 264 g/mol. The maximum atomic E-state index is 13.4. The lowest BCUT2D eigenvalue weighted by Gasteiger charge is -2.02. The molecular formula is C17H13FN2. The van der Waals surface area contributed by atoms with Crippen molar-refractivity contribution < 1.29 is 4.39 Å². The van der Waals surface area contributed by atoms with Crippen LogP contribution in [-0.2, 0) is 0 Å². The van der Waals surface area contributed by atoms with Gasteiger partial charge >= 0.3 is 0 Å². The highest BCUT2D eigenvalue weighted by molar-refractivity contribution is 5.93. The molecule has 0 saturated carbocycles. The maximum absolute atomic E-state index is 13.4. The van der Waals surface area contributed by atoms with Gasteiger partial charge in [0.1, 0.15) is 11.9 Å². The van der Waals surface area contributed by atoms with E-state index in [4.69, 9.17) is 0 Å². The van der Waals surface area contributed by atoms with E-state index in [0.717, 1.165) is 27.7 Å². The van der Waals surface area contributed by atoms with Gasteiger partial charge in [0.2, 0.25) is 0 Å². The van der Waals surface area contributed by atoms with Crippen LogP contribution in [0.5, 0.6) is 0 Å². The maximum Gasteiger partial charge on any atom is 0.126 e. The number of nitriles is 1. The van der Waals surface area contributed by atoms with Crippen LogP contribution in [0.15, 0.2) is 36.4 Å². The molecule has 1 aromatic heterocycles. The molecule has 0 unspecified atom stereocenters. The third kappa shape index (κ3) is 1.86. The minimum Gasteiger partial charge on any atom is -0.353 e. The summed E-state index contributed by atoms with van der Waals surface area (Å²) < 4.78 is 13.4. The summed E-state index contributed by atoms with van der Waals surface area (Å²) in [4.78, 5) is 3.26. The summed E-state index contributed by atoms with van der Waals surface area (Å²) in [6.07, 6.45) is 0. The Bertz CT molecular complexity index is 853. The van der Waals surface area contributed by atoms with Crippen LogP contribution in [-0.4, -0.2) is 4.98 Å². The smallest absolute Gasteiger partial charge is 0.126 e. The molecule has 98 valence electrons. The summed E-state index contributed by atoms with van der Waals surface area (Å²) in [6, 6.07) is 13.1. The van der Waals surface area contributed by atoms with Gasteiger partial charge in [0.25, 0.3) is 0 Å². The lowest BCUT2D eigenvalue weighted by Crippen LogP contribution is -1.86. The SMILES string of the molecule is Cc1ccc2[nH]c(-c3ccc(F)c(C)c3)c(C#N)c2c1. The molecule has 3 heteroatoms. The number of hydrogen-bond acceptors (Lipinski definition) is 1. The first-order valence-electron chi connectivity index (χ1n) is 6.39. The molecule has 1 N–H and O–H groups in total. The molecule has 0 aliphatic carbocycles. The molecule has 0 amide bonds. The fourth-order valence-corrected chi connectivity index (χ4v) is 2.44. The van der Waals surface area contributed by atoms with Gasteiger partial charge in [0.05, 0.1) is 11.3 Å². The minimum atomic E-state index is -0.237. The number of aryl methyl sites for hydroxylation is 2. The Hall–Kier alpha value is -2.60. The van der Waals surface area contributed by atoms with Crippen molar-refractivity contribution in [1.29, 1.82) is 5.26 Å². The molecule has 0 saturated heterocycles. The third-order valence-corrected chi connectivity index (χ3v) is 3.51. The fraction of sp³-hybridized carbons (Fsp3) is 0.118. The number of nitrogens with one attached hydrogen (secondary N) is 1. The molecule has 3 aromatic rings. The van der Waals surface area contributed by atoms with E-state index in [-0.39, 0.29) is 5.82 Å². The first kappa shape index (κ1) is 12.4. The predicted molar refractivity (Wildman–Crippen MR) is 77.9 cm³/mol. The molecule has 0 atom stereocenters. The molecule has 0 spiro atoms. The van der Waals surface area contributed by atoms with Crippen molar-refractivity contribution in [2.24, 2.45) is 0 Å². The van der Waals surface area contributed by atoms with Crippen molar-refractivity contribution >= 4 is 10.9 Å². The summed E-state index contributed by atoms with van der Waals surface area (Å²) in [7, 11) is 0. The molecule has 3 rings (SSSR count). The standard InChI is InChI=1S/C17H13FN2/c1-10-3-6-16-13(7-10)14(9-19)17(20-16)12-4-5-15(18)11(2)8-12/h3-8,20H,1-2H3. The molecular weight excluding hydrogens is 251 g/mol. The summed E-state index contributed by atoms with van der Waals surface area (Å²) in [5.74, 6) is -0.237. The summed E-state index contributed by atoms with van der Waals surface area (Å²) in [5.41, 5.74) is 4.78. The molecule has 0 radical (unpaired) electrons. The number of halogens is 1. The molecule has 2 aromatic carbocycles. The second-order valence-electron chi connectivity index (χ2n) is 5.00.